The van der Waals surface area contributed by atoms with Gasteiger partial charge in [-0.3, -0.25) is 0 Å². The van der Waals surface area contributed by atoms with E-state index in [4.69, 9.17) is 14.2 Å². The van der Waals surface area contributed by atoms with Gasteiger partial charge in [0.2, 0.25) is 0 Å². The van der Waals surface area contributed by atoms with Crippen LogP contribution in [-0.2, 0) is 19.0 Å². The number of hydrogen-bond donors (Lipinski definition) is 0. The number of rotatable bonds is 5. The van der Waals surface area contributed by atoms with E-state index < -0.39 is 11.7 Å². The molecule has 0 saturated heterocycles. The summed E-state index contributed by atoms with van der Waals surface area (Å²) in [7, 11) is 1.58. The molecule has 0 aromatic rings. The van der Waals surface area contributed by atoms with Crippen molar-refractivity contribution in [3.63, 3.8) is 0 Å². The van der Waals surface area contributed by atoms with Crippen molar-refractivity contribution in [1.29, 1.82) is 0 Å². The average Bonchev–Trinajstić information content (AvgIpc) is 2.01. The second-order valence-corrected chi connectivity index (χ2v) is 4.04. The fraction of sp³-hybridized carbons (Fsp3) is 0.900. The predicted molar refractivity (Wildman–Crippen MR) is 53.1 cm³/mol. The SMILES string of the molecule is COCCOC(C)C(=O)OC(C)(C)C. The molecule has 0 aliphatic heterocycles. The first kappa shape index (κ1) is 13.4. The van der Waals surface area contributed by atoms with Crippen LogP contribution in [0.5, 0.6) is 0 Å². The lowest BCUT2D eigenvalue weighted by molar-refractivity contribution is -0.168. The molecule has 4 nitrogen and oxygen atoms in total. The van der Waals surface area contributed by atoms with Crippen LogP contribution in [-0.4, -0.2) is 38.0 Å². The Balaban J connectivity index is 3.77. The lowest BCUT2D eigenvalue weighted by Crippen LogP contribution is -2.32. The highest BCUT2D eigenvalue weighted by Gasteiger charge is 2.21. The van der Waals surface area contributed by atoms with Crippen LogP contribution in [0, 0.1) is 0 Å². The van der Waals surface area contributed by atoms with Gasteiger partial charge < -0.3 is 14.2 Å². The monoisotopic (exact) mass is 204 g/mol. The maximum Gasteiger partial charge on any atom is 0.335 e. The summed E-state index contributed by atoms with van der Waals surface area (Å²) >= 11 is 0. The largest absolute Gasteiger partial charge is 0.458 e. The van der Waals surface area contributed by atoms with Gasteiger partial charge in [-0.2, -0.15) is 0 Å². The third kappa shape index (κ3) is 6.86. The highest BCUT2D eigenvalue weighted by molar-refractivity contribution is 5.74. The normalized spacial score (nSPS) is 13.8. The molecule has 84 valence electrons. The number of ether oxygens (including phenoxy) is 3. The smallest absolute Gasteiger partial charge is 0.335 e. The highest BCUT2D eigenvalue weighted by Crippen LogP contribution is 2.09. The fourth-order valence-electron chi connectivity index (χ4n) is 0.761. The van der Waals surface area contributed by atoms with E-state index in [0.717, 1.165) is 0 Å². The van der Waals surface area contributed by atoms with Crippen molar-refractivity contribution >= 4 is 5.97 Å². The molecular formula is C10H20O4. The van der Waals surface area contributed by atoms with Crippen molar-refractivity contribution in [2.45, 2.75) is 39.4 Å². The van der Waals surface area contributed by atoms with Crippen LogP contribution in [0.2, 0.25) is 0 Å². The number of carbonyl (C=O) groups is 1. The van der Waals surface area contributed by atoms with E-state index >= 15 is 0 Å². The molecule has 0 heterocycles. The first-order valence-corrected chi connectivity index (χ1v) is 4.70. The Morgan fingerprint density at radius 3 is 2.29 bits per heavy atom. The number of carbonyl (C=O) groups excluding carboxylic acids is 1. The van der Waals surface area contributed by atoms with Crippen LogP contribution in [0.4, 0.5) is 0 Å². The maximum absolute atomic E-state index is 11.4. The average molecular weight is 204 g/mol. The van der Waals surface area contributed by atoms with Crippen molar-refractivity contribution in [3.05, 3.63) is 0 Å². The topological polar surface area (TPSA) is 44.8 Å². The van der Waals surface area contributed by atoms with Gasteiger partial charge in [0.25, 0.3) is 0 Å². The standard InChI is InChI=1S/C10H20O4/c1-8(13-7-6-12-5)9(11)14-10(2,3)4/h8H,6-7H2,1-5H3. The summed E-state index contributed by atoms with van der Waals surface area (Å²) in [6.07, 6.45) is -0.538. The summed E-state index contributed by atoms with van der Waals surface area (Å²) in [5.74, 6) is -0.339. The van der Waals surface area contributed by atoms with E-state index in [9.17, 15) is 4.79 Å². The lowest BCUT2D eigenvalue weighted by Gasteiger charge is -2.22. The molecule has 0 fully saturated rings. The molecule has 0 aliphatic rings. The van der Waals surface area contributed by atoms with Crippen molar-refractivity contribution in [2.75, 3.05) is 20.3 Å². The molecule has 0 aromatic carbocycles. The molecule has 0 aliphatic carbocycles. The van der Waals surface area contributed by atoms with Crippen molar-refractivity contribution in [2.24, 2.45) is 0 Å². The van der Waals surface area contributed by atoms with Crippen LogP contribution in [0.15, 0.2) is 0 Å². The van der Waals surface area contributed by atoms with Crippen molar-refractivity contribution in [1.82, 2.24) is 0 Å². The Hall–Kier alpha value is -0.610. The van der Waals surface area contributed by atoms with Gasteiger partial charge >= 0.3 is 5.97 Å². The molecule has 0 aromatic heterocycles. The van der Waals surface area contributed by atoms with Gasteiger partial charge in [-0.05, 0) is 27.7 Å². The fourth-order valence-corrected chi connectivity index (χ4v) is 0.761. The molecule has 0 N–H and O–H groups in total. The third-order valence-electron chi connectivity index (χ3n) is 1.39. The van der Waals surface area contributed by atoms with E-state index in [2.05, 4.69) is 0 Å². The van der Waals surface area contributed by atoms with E-state index in [1.165, 1.54) is 0 Å². The Labute approximate surface area is 85.5 Å². The molecule has 1 atom stereocenters. The van der Waals surface area contributed by atoms with Gasteiger partial charge in [0.1, 0.15) is 5.60 Å². The second kappa shape index (κ2) is 5.98. The van der Waals surface area contributed by atoms with E-state index in [1.807, 2.05) is 20.8 Å². The molecule has 0 radical (unpaired) electrons. The zero-order valence-electron chi connectivity index (χ0n) is 9.62. The second-order valence-electron chi connectivity index (χ2n) is 4.04. The van der Waals surface area contributed by atoms with Crippen LogP contribution < -0.4 is 0 Å². The van der Waals surface area contributed by atoms with Gasteiger partial charge in [-0.15, -0.1) is 0 Å². The summed E-state index contributed by atoms with van der Waals surface area (Å²) in [6.45, 7) is 8.03. The van der Waals surface area contributed by atoms with Crippen LogP contribution in [0.25, 0.3) is 0 Å². The van der Waals surface area contributed by atoms with Crippen LogP contribution >= 0.6 is 0 Å². The van der Waals surface area contributed by atoms with Gasteiger partial charge in [0.15, 0.2) is 6.10 Å². The Morgan fingerprint density at radius 1 is 1.29 bits per heavy atom. The minimum absolute atomic E-state index is 0.339. The zero-order chi connectivity index (χ0) is 11.2. The molecule has 0 rings (SSSR count). The maximum atomic E-state index is 11.4. The van der Waals surface area contributed by atoms with Crippen molar-refractivity contribution < 1.29 is 19.0 Å². The first-order chi connectivity index (χ1) is 6.37. The van der Waals surface area contributed by atoms with Gasteiger partial charge in [-0.1, -0.05) is 0 Å². The Kier molecular flexibility index (Phi) is 5.72. The van der Waals surface area contributed by atoms with E-state index in [1.54, 1.807) is 14.0 Å². The van der Waals surface area contributed by atoms with Gasteiger partial charge in [0, 0.05) is 7.11 Å². The predicted octanol–water partition coefficient (Wildman–Crippen LogP) is 1.38. The number of methoxy groups -OCH3 is 1. The molecule has 0 saturated carbocycles. The van der Waals surface area contributed by atoms with Crippen LogP contribution in [0.3, 0.4) is 0 Å². The van der Waals surface area contributed by atoms with Crippen LogP contribution in [0.1, 0.15) is 27.7 Å². The number of hydrogen-bond acceptors (Lipinski definition) is 4. The summed E-state index contributed by atoms with van der Waals surface area (Å²) in [5, 5.41) is 0. The summed E-state index contributed by atoms with van der Waals surface area (Å²) in [5.41, 5.74) is -0.462. The molecule has 1 unspecified atom stereocenters. The minimum Gasteiger partial charge on any atom is -0.458 e. The zero-order valence-corrected chi connectivity index (χ0v) is 9.62. The van der Waals surface area contributed by atoms with Gasteiger partial charge in [0.05, 0.1) is 13.2 Å². The number of esters is 1. The summed E-state index contributed by atoms with van der Waals surface area (Å²) in [6, 6.07) is 0. The lowest BCUT2D eigenvalue weighted by atomic mass is 10.2. The minimum atomic E-state index is -0.538. The summed E-state index contributed by atoms with van der Waals surface area (Å²) < 4.78 is 15.1. The molecular weight excluding hydrogens is 184 g/mol. The Bertz CT molecular complexity index is 171. The quantitative estimate of drug-likeness (QED) is 0.501. The molecule has 4 heteroatoms. The molecule has 0 spiro atoms. The first-order valence-electron chi connectivity index (χ1n) is 4.70. The molecule has 0 bridgehead atoms. The van der Waals surface area contributed by atoms with Crippen molar-refractivity contribution in [3.8, 4) is 0 Å². The van der Waals surface area contributed by atoms with E-state index in [-0.39, 0.29) is 5.97 Å². The highest BCUT2D eigenvalue weighted by atomic mass is 16.6. The summed E-state index contributed by atoms with van der Waals surface area (Å²) in [4.78, 5) is 11.4. The third-order valence-corrected chi connectivity index (χ3v) is 1.39. The molecule has 0 amide bonds. The Morgan fingerprint density at radius 2 is 1.86 bits per heavy atom. The van der Waals surface area contributed by atoms with Gasteiger partial charge in [-0.25, -0.2) is 4.79 Å². The molecule has 14 heavy (non-hydrogen) atoms. The van der Waals surface area contributed by atoms with E-state index in [0.29, 0.717) is 13.2 Å².